The van der Waals surface area contributed by atoms with Gasteiger partial charge in [0, 0.05) is 37.2 Å². The number of fused-ring (bicyclic) bond motifs is 1. The Morgan fingerprint density at radius 2 is 1.85 bits per heavy atom. The predicted octanol–water partition coefficient (Wildman–Crippen LogP) is 6.29. The Morgan fingerprint density at radius 3 is 2.48 bits per heavy atom. The molecule has 0 fully saturated rings. The van der Waals surface area contributed by atoms with Gasteiger partial charge in [0.25, 0.3) is 0 Å². The van der Waals surface area contributed by atoms with Crippen LogP contribution in [0.3, 0.4) is 0 Å². The van der Waals surface area contributed by atoms with E-state index in [4.69, 9.17) is 0 Å². The molecule has 1 aliphatic heterocycles. The van der Waals surface area contributed by atoms with Crippen LogP contribution in [0.4, 0.5) is 5.69 Å². The van der Waals surface area contributed by atoms with Crippen molar-refractivity contribution < 1.29 is 0 Å². The summed E-state index contributed by atoms with van der Waals surface area (Å²) in [6, 6.07) is 8.55. The normalized spacial score (nSPS) is 12.6. The lowest BCUT2D eigenvalue weighted by molar-refractivity contribution is 0.656. The molecule has 0 amide bonds. The van der Waals surface area contributed by atoms with Gasteiger partial charge in [0.05, 0.1) is 11.6 Å². The molecule has 27 heavy (non-hydrogen) atoms. The zero-order valence-corrected chi connectivity index (χ0v) is 17.4. The second kappa shape index (κ2) is 10.7. The number of benzene rings is 1. The van der Waals surface area contributed by atoms with Crippen LogP contribution >= 0.6 is 0 Å². The van der Waals surface area contributed by atoms with Crippen LogP contribution in [-0.4, -0.2) is 18.6 Å². The Hall–Kier alpha value is -2.34. The smallest absolute Gasteiger partial charge is 0.0998 e. The predicted molar refractivity (Wildman–Crippen MR) is 115 cm³/mol. The minimum absolute atomic E-state index is 0.742. The first kappa shape index (κ1) is 21.0. The molecule has 0 N–H and O–H groups in total. The van der Waals surface area contributed by atoms with Crippen molar-refractivity contribution in [3.05, 3.63) is 47.3 Å². The summed E-state index contributed by atoms with van der Waals surface area (Å²) < 4.78 is 0. The lowest BCUT2D eigenvalue weighted by Crippen LogP contribution is -2.24. The van der Waals surface area contributed by atoms with Gasteiger partial charge < -0.3 is 4.90 Å². The number of aryl methyl sites for hydroxylation is 2. The van der Waals surface area contributed by atoms with Crippen molar-refractivity contribution in [3.8, 4) is 17.2 Å². The fraction of sp³-hybridized carbons (Fsp3) is 0.500. The standard InChI is InChI=1S/C17H17N3.C7H16/c1-12-11-19-6-5-15(12)16-8-13-4-3-7-20(2)17(13)9-14(16)10-18;1-3-5-7-6-4-2/h5-6,8-9,11H,3-4,7H2,1-2H3;3-7H2,1-2H3. The molecule has 0 unspecified atom stereocenters. The summed E-state index contributed by atoms with van der Waals surface area (Å²) in [6.07, 6.45) is 12.9. The first-order valence-electron chi connectivity index (χ1n) is 10.3. The maximum absolute atomic E-state index is 9.47. The molecule has 0 spiro atoms. The van der Waals surface area contributed by atoms with Crippen LogP contribution in [0.1, 0.15) is 69.1 Å². The molecular weight excluding hydrogens is 330 g/mol. The summed E-state index contributed by atoms with van der Waals surface area (Å²) in [5.41, 5.74) is 6.51. The number of hydrogen-bond donors (Lipinski definition) is 0. The first-order valence-corrected chi connectivity index (χ1v) is 10.3. The topological polar surface area (TPSA) is 39.9 Å². The zero-order valence-electron chi connectivity index (χ0n) is 17.4. The number of aromatic nitrogens is 1. The van der Waals surface area contributed by atoms with Crippen LogP contribution < -0.4 is 4.90 Å². The fourth-order valence-corrected chi connectivity index (χ4v) is 3.58. The second-order valence-corrected chi connectivity index (χ2v) is 7.41. The Balaban J connectivity index is 0.000000321. The minimum Gasteiger partial charge on any atom is -0.374 e. The lowest BCUT2D eigenvalue weighted by atomic mass is 9.91. The van der Waals surface area contributed by atoms with Crippen molar-refractivity contribution in [2.75, 3.05) is 18.5 Å². The molecule has 0 bridgehead atoms. The number of pyridine rings is 1. The van der Waals surface area contributed by atoms with Gasteiger partial charge in [-0.05, 0) is 54.7 Å². The summed E-state index contributed by atoms with van der Waals surface area (Å²) in [5, 5.41) is 9.47. The molecule has 3 heteroatoms. The third kappa shape index (κ3) is 5.57. The molecule has 0 saturated carbocycles. The van der Waals surface area contributed by atoms with Crippen LogP contribution in [0.2, 0.25) is 0 Å². The van der Waals surface area contributed by atoms with E-state index in [-0.39, 0.29) is 0 Å². The summed E-state index contributed by atoms with van der Waals surface area (Å²) in [4.78, 5) is 6.37. The van der Waals surface area contributed by atoms with E-state index in [9.17, 15) is 5.26 Å². The summed E-state index contributed by atoms with van der Waals surface area (Å²) in [5.74, 6) is 0. The van der Waals surface area contributed by atoms with Crippen molar-refractivity contribution in [1.29, 1.82) is 5.26 Å². The molecule has 0 atom stereocenters. The largest absolute Gasteiger partial charge is 0.374 e. The summed E-state index contributed by atoms with van der Waals surface area (Å²) in [6.45, 7) is 7.59. The Morgan fingerprint density at radius 1 is 1.11 bits per heavy atom. The Bertz CT molecular complexity index is 770. The van der Waals surface area contributed by atoms with Crippen LogP contribution in [0.25, 0.3) is 11.1 Å². The maximum Gasteiger partial charge on any atom is 0.0998 e. The van der Waals surface area contributed by atoms with E-state index in [2.05, 4.69) is 42.9 Å². The van der Waals surface area contributed by atoms with E-state index in [0.29, 0.717) is 0 Å². The monoisotopic (exact) mass is 363 g/mol. The van der Waals surface area contributed by atoms with Crippen LogP contribution in [-0.2, 0) is 6.42 Å². The van der Waals surface area contributed by atoms with Crippen molar-refractivity contribution in [2.24, 2.45) is 0 Å². The lowest BCUT2D eigenvalue weighted by Gasteiger charge is -2.28. The molecule has 0 saturated heterocycles. The average molecular weight is 364 g/mol. The van der Waals surface area contributed by atoms with Gasteiger partial charge in [-0.25, -0.2) is 0 Å². The van der Waals surface area contributed by atoms with E-state index < -0.39 is 0 Å². The van der Waals surface area contributed by atoms with Gasteiger partial charge in [-0.1, -0.05) is 46.0 Å². The molecular formula is C24H33N3. The molecule has 2 heterocycles. The number of rotatable bonds is 5. The minimum atomic E-state index is 0.742. The third-order valence-electron chi connectivity index (χ3n) is 5.21. The number of anilines is 1. The molecule has 0 radical (unpaired) electrons. The summed E-state index contributed by atoms with van der Waals surface area (Å²) >= 11 is 0. The van der Waals surface area contributed by atoms with Gasteiger partial charge in [-0.3, -0.25) is 4.98 Å². The molecule has 2 aromatic rings. The van der Waals surface area contributed by atoms with Crippen LogP contribution in [0.15, 0.2) is 30.6 Å². The van der Waals surface area contributed by atoms with E-state index in [1.807, 2.05) is 25.3 Å². The molecule has 1 aromatic carbocycles. The van der Waals surface area contributed by atoms with Crippen LogP contribution in [0, 0.1) is 18.3 Å². The van der Waals surface area contributed by atoms with Gasteiger partial charge in [0.1, 0.15) is 0 Å². The van der Waals surface area contributed by atoms with Gasteiger partial charge in [-0.2, -0.15) is 5.26 Å². The zero-order chi connectivity index (χ0) is 19.6. The Kier molecular flexibility index (Phi) is 8.33. The molecule has 1 aliphatic rings. The van der Waals surface area contributed by atoms with Gasteiger partial charge in [0.2, 0.25) is 0 Å². The fourth-order valence-electron chi connectivity index (χ4n) is 3.58. The maximum atomic E-state index is 9.47. The van der Waals surface area contributed by atoms with Crippen molar-refractivity contribution in [3.63, 3.8) is 0 Å². The van der Waals surface area contributed by atoms with Gasteiger partial charge in [0.15, 0.2) is 0 Å². The molecule has 3 rings (SSSR count). The molecule has 144 valence electrons. The number of nitriles is 1. The molecule has 1 aromatic heterocycles. The number of nitrogens with zero attached hydrogens (tertiary/aromatic N) is 3. The van der Waals surface area contributed by atoms with Crippen LogP contribution in [0.5, 0.6) is 0 Å². The molecule has 3 nitrogen and oxygen atoms in total. The highest BCUT2D eigenvalue weighted by atomic mass is 15.1. The SMILES string of the molecule is CCCCCCC.Cc1cnccc1-c1cc2c(cc1C#N)N(C)CCC2. The van der Waals surface area contributed by atoms with E-state index in [1.165, 1.54) is 49.8 Å². The van der Waals surface area contributed by atoms with E-state index in [0.717, 1.165) is 35.2 Å². The van der Waals surface area contributed by atoms with Gasteiger partial charge in [-0.15, -0.1) is 0 Å². The van der Waals surface area contributed by atoms with E-state index >= 15 is 0 Å². The Labute approximate surface area is 165 Å². The highest BCUT2D eigenvalue weighted by molar-refractivity contribution is 5.77. The number of unbranched alkanes of at least 4 members (excludes halogenated alkanes) is 4. The van der Waals surface area contributed by atoms with E-state index in [1.54, 1.807) is 6.20 Å². The summed E-state index contributed by atoms with van der Waals surface area (Å²) in [7, 11) is 2.09. The van der Waals surface area contributed by atoms with Crippen molar-refractivity contribution >= 4 is 5.69 Å². The highest BCUT2D eigenvalue weighted by Gasteiger charge is 2.18. The quantitative estimate of drug-likeness (QED) is 0.586. The third-order valence-corrected chi connectivity index (χ3v) is 5.21. The van der Waals surface area contributed by atoms with Crippen molar-refractivity contribution in [1.82, 2.24) is 4.98 Å². The second-order valence-electron chi connectivity index (χ2n) is 7.41. The van der Waals surface area contributed by atoms with Crippen molar-refractivity contribution in [2.45, 2.75) is 65.7 Å². The highest BCUT2D eigenvalue weighted by Crippen LogP contribution is 2.34. The average Bonchev–Trinajstić information content (AvgIpc) is 2.69. The van der Waals surface area contributed by atoms with Gasteiger partial charge >= 0.3 is 0 Å². The first-order chi connectivity index (χ1) is 13.1. The molecule has 0 aliphatic carbocycles. The number of hydrogen-bond acceptors (Lipinski definition) is 3.